The van der Waals surface area contributed by atoms with Gasteiger partial charge in [0.1, 0.15) is 5.03 Å². The molecule has 8 heteroatoms. The van der Waals surface area contributed by atoms with Crippen molar-refractivity contribution in [1.29, 1.82) is 0 Å². The molecular weight excluding hydrogens is 360 g/mol. The molecule has 7 nitrogen and oxygen atoms in total. The van der Waals surface area contributed by atoms with Crippen molar-refractivity contribution in [2.45, 2.75) is 0 Å². The monoisotopic (exact) mass is 380 g/mol. The summed E-state index contributed by atoms with van der Waals surface area (Å²) in [4.78, 5) is 28.6. The van der Waals surface area contributed by atoms with E-state index in [9.17, 15) is 9.59 Å². The zero-order chi connectivity index (χ0) is 18.7. The quantitative estimate of drug-likeness (QED) is 0.694. The molecule has 2 aliphatic rings. The highest BCUT2D eigenvalue weighted by Crippen LogP contribution is 2.36. The minimum Gasteiger partial charge on any atom is -0.493 e. The van der Waals surface area contributed by atoms with Gasteiger partial charge in [-0.15, -0.1) is 0 Å². The van der Waals surface area contributed by atoms with Crippen molar-refractivity contribution in [2.24, 2.45) is 0 Å². The Hall–Kier alpha value is -2.09. The Kier molecular flexibility index (Phi) is 5.80. The SMILES string of the molecule is COc1ccc(C2=C(Cl)C(=O)N(CCN3CCOCC3)C2=O)cc1OC. The van der Waals surface area contributed by atoms with Crippen molar-refractivity contribution in [2.75, 3.05) is 53.6 Å². The fourth-order valence-electron chi connectivity index (χ4n) is 3.06. The van der Waals surface area contributed by atoms with E-state index in [2.05, 4.69) is 4.90 Å². The second-order valence-corrected chi connectivity index (χ2v) is 6.35. The number of imide groups is 1. The van der Waals surface area contributed by atoms with Gasteiger partial charge in [-0.25, -0.2) is 0 Å². The molecule has 0 unspecified atom stereocenters. The topological polar surface area (TPSA) is 68.3 Å². The standard InChI is InChI=1S/C18H21ClN2O5/c1-24-13-4-3-12(11-14(13)25-2)15-16(19)18(23)21(17(15)22)6-5-20-7-9-26-10-8-20/h3-4,11H,5-10H2,1-2H3. The number of carbonyl (C=O) groups excluding carboxylic acids is 2. The second-order valence-electron chi connectivity index (χ2n) is 5.97. The van der Waals surface area contributed by atoms with Crippen LogP contribution in [-0.4, -0.2) is 75.2 Å². The number of rotatable bonds is 6. The van der Waals surface area contributed by atoms with Crippen LogP contribution >= 0.6 is 11.6 Å². The van der Waals surface area contributed by atoms with Crippen LogP contribution in [0.15, 0.2) is 23.2 Å². The van der Waals surface area contributed by atoms with Crippen molar-refractivity contribution in [3.63, 3.8) is 0 Å². The molecule has 3 rings (SSSR count). The third-order valence-corrected chi connectivity index (χ3v) is 4.88. The van der Waals surface area contributed by atoms with Gasteiger partial charge < -0.3 is 14.2 Å². The number of amides is 2. The lowest BCUT2D eigenvalue weighted by Crippen LogP contribution is -2.43. The summed E-state index contributed by atoms with van der Waals surface area (Å²) in [6, 6.07) is 5.02. The van der Waals surface area contributed by atoms with Crippen molar-refractivity contribution in [3.05, 3.63) is 28.8 Å². The largest absolute Gasteiger partial charge is 0.493 e. The normalized spacial score (nSPS) is 18.7. The van der Waals surface area contributed by atoms with E-state index in [1.165, 1.54) is 19.1 Å². The molecule has 2 amide bonds. The fourth-order valence-corrected chi connectivity index (χ4v) is 3.35. The lowest BCUT2D eigenvalue weighted by molar-refractivity contribution is -0.136. The number of nitrogens with zero attached hydrogens (tertiary/aromatic N) is 2. The predicted molar refractivity (Wildman–Crippen MR) is 96.3 cm³/mol. The lowest BCUT2D eigenvalue weighted by Gasteiger charge is -2.28. The van der Waals surface area contributed by atoms with Crippen LogP contribution in [0.5, 0.6) is 11.5 Å². The number of methoxy groups -OCH3 is 2. The number of hydrogen-bond acceptors (Lipinski definition) is 6. The van der Waals surface area contributed by atoms with Crippen LogP contribution in [0.4, 0.5) is 0 Å². The summed E-state index contributed by atoms with van der Waals surface area (Å²) in [5, 5.41) is -0.0656. The van der Waals surface area contributed by atoms with Gasteiger partial charge >= 0.3 is 0 Å². The molecule has 2 aliphatic heterocycles. The highest BCUT2D eigenvalue weighted by molar-refractivity contribution is 6.55. The summed E-state index contributed by atoms with van der Waals surface area (Å²) >= 11 is 6.21. The summed E-state index contributed by atoms with van der Waals surface area (Å²) < 4.78 is 15.8. The summed E-state index contributed by atoms with van der Waals surface area (Å²) in [7, 11) is 3.04. The second kappa shape index (κ2) is 8.07. The summed E-state index contributed by atoms with van der Waals surface area (Å²) in [6.45, 7) is 3.81. The number of benzene rings is 1. The van der Waals surface area contributed by atoms with E-state index in [-0.39, 0.29) is 16.5 Å². The molecule has 2 heterocycles. The van der Waals surface area contributed by atoms with Gasteiger partial charge in [0.2, 0.25) is 0 Å². The molecule has 140 valence electrons. The van der Waals surface area contributed by atoms with Crippen LogP contribution < -0.4 is 9.47 Å². The minimum atomic E-state index is -0.463. The molecule has 0 bridgehead atoms. The Morgan fingerprint density at radius 3 is 2.38 bits per heavy atom. The van der Waals surface area contributed by atoms with Crippen molar-refractivity contribution in [1.82, 2.24) is 9.80 Å². The first-order chi connectivity index (χ1) is 12.6. The molecule has 1 saturated heterocycles. The van der Waals surface area contributed by atoms with E-state index in [1.807, 2.05) is 0 Å². The Balaban J connectivity index is 1.78. The molecule has 1 aromatic rings. The molecule has 26 heavy (non-hydrogen) atoms. The third-order valence-electron chi connectivity index (χ3n) is 4.53. The van der Waals surface area contributed by atoms with Gasteiger partial charge in [0.15, 0.2) is 11.5 Å². The van der Waals surface area contributed by atoms with Crippen LogP contribution in [0.3, 0.4) is 0 Å². The Labute approximate surface area is 157 Å². The predicted octanol–water partition coefficient (Wildman–Crippen LogP) is 1.35. The van der Waals surface area contributed by atoms with Gasteiger partial charge in [0.25, 0.3) is 11.8 Å². The van der Waals surface area contributed by atoms with Crippen LogP contribution in [0.2, 0.25) is 0 Å². The summed E-state index contributed by atoms with van der Waals surface area (Å²) in [5.74, 6) is 0.151. The van der Waals surface area contributed by atoms with Crippen molar-refractivity contribution >= 4 is 29.0 Å². The summed E-state index contributed by atoms with van der Waals surface area (Å²) in [6.07, 6.45) is 0. The first kappa shape index (κ1) is 18.7. The van der Waals surface area contributed by atoms with E-state index < -0.39 is 5.91 Å². The van der Waals surface area contributed by atoms with Gasteiger partial charge in [-0.05, 0) is 17.7 Å². The highest BCUT2D eigenvalue weighted by atomic mass is 35.5. The zero-order valence-electron chi connectivity index (χ0n) is 14.8. The van der Waals surface area contributed by atoms with Gasteiger partial charge in [0, 0.05) is 26.2 Å². The number of morpholine rings is 1. The van der Waals surface area contributed by atoms with Crippen LogP contribution in [0.1, 0.15) is 5.56 Å². The van der Waals surface area contributed by atoms with Gasteiger partial charge in [-0.1, -0.05) is 17.7 Å². The van der Waals surface area contributed by atoms with E-state index in [0.717, 1.165) is 13.1 Å². The molecule has 1 aromatic carbocycles. The third kappa shape index (κ3) is 3.56. The number of carbonyl (C=O) groups is 2. The fraction of sp³-hybridized carbons (Fsp3) is 0.444. The number of halogens is 1. The molecule has 0 aliphatic carbocycles. The van der Waals surface area contributed by atoms with Crippen molar-refractivity contribution in [3.8, 4) is 11.5 Å². The molecule has 0 spiro atoms. The van der Waals surface area contributed by atoms with Crippen molar-refractivity contribution < 1.29 is 23.8 Å². The lowest BCUT2D eigenvalue weighted by atomic mass is 10.1. The summed E-state index contributed by atoms with van der Waals surface area (Å²) in [5.41, 5.74) is 0.722. The van der Waals surface area contributed by atoms with E-state index >= 15 is 0 Å². The smallest absolute Gasteiger partial charge is 0.273 e. The highest BCUT2D eigenvalue weighted by Gasteiger charge is 2.38. The van der Waals surface area contributed by atoms with Gasteiger partial charge in [0.05, 0.1) is 33.0 Å². The van der Waals surface area contributed by atoms with Gasteiger partial charge in [-0.2, -0.15) is 0 Å². The molecule has 1 fully saturated rings. The minimum absolute atomic E-state index is 0.0656. The maximum atomic E-state index is 12.8. The Morgan fingerprint density at radius 1 is 1.04 bits per heavy atom. The van der Waals surface area contributed by atoms with Crippen LogP contribution in [-0.2, 0) is 14.3 Å². The van der Waals surface area contributed by atoms with Crippen LogP contribution in [0.25, 0.3) is 5.57 Å². The Morgan fingerprint density at radius 2 is 1.73 bits per heavy atom. The molecule has 0 N–H and O–H groups in total. The average molecular weight is 381 g/mol. The van der Waals surface area contributed by atoms with E-state index in [4.69, 9.17) is 25.8 Å². The molecule has 0 saturated carbocycles. The Bertz CT molecular complexity index is 743. The zero-order valence-corrected chi connectivity index (χ0v) is 15.5. The average Bonchev–Trinajstić information content (AvgIpc) is 2.89. The molecule has 0 radical (unpaired) electrons. The first-order valence-electron chi connectivity index (χ1n) is 8.35. The first-order valence-corrected chi connectivity index (χ1v) is 8.73. The van der Waals surface area contributed by atoms with E-state index in [0.29, 0.717) is 43.4 Å². The van der Waals surface area contributed by atoms with Gasteiger partial charge in [-0.3, -0.25) is 19.4 Å². The maximum absolute atomic E-state index is 12.8. The molecular formula is C18H21ClN2O5. The molecule has 0 aromatic heterocycles. The number of hydrogen-bond donors (Lipinski definition) is 0. The number of ether oxygens (including phenoxy) is 3. The molecule has 0 atom stereocenters. The maximum Gasteiger partial charge on any atom is 0.273 e. The van der Waals surface area contributed by atoms with Crippen LogP contribution in [0, 0.1) is 0 Å². The van der Waals surface area contributed by atoms with E-state index in [1.54, 1.807) is 18.2 Å².